The van der Waals surface area contributed by atoms with Crippen molar-refractivity contribution in [3.8, 4) is 5.75 Å². The monoisotopic (exact) mass is 555 g/mol. The Morgan fingerprint density at radius 1 is 1.08 bits per heavy atom. The number of halogens is 3. The van der Waals surface area contributed by atoms with Gasteiger partial charge in [0.2, 0.25) is 11.8 Å². The number of hydrogen-bond donors (Lipinski definition) is 2. The lowest BCUT2D eigenvalue weighted by Gasteiger charge is -2.36. The predicted molar refractivity (Wildman–Crippen MR) is 144 cm³/mol. The summed E-state index contributed by atoms with van der Waals surface area (Å²) in [6.45, 7) is 7.63. The number of ether oxygens (including phenoxy) is 2. The molecule has 1 saturated carbocycles. The number of rotatable bonds is 12. The third kappa shape index (κ3) is 11.3. The van der Waals surface area contributed by atoms with E-state index in [0.29, 0.717) is 31.2 Å². The van der Waals surface area contributed by atoms with Gasteiger partial charge in [0, 0.05) is 43.7 Å². The van der Waals surface area contributed by atoms with Crippen LogP contribution in [0.4, 0.5) is 18.9 Å². The van der Waals surface area contributed by atoms with Crippen LogP contribution in [0, 0.1) is 11.8 Å². The average Bonchev–Trinajstić information content (AvgIpc) is 2.86. The van der Waals surface area contributed by atoms with E-state index in [9.17, 15) is 22.8 Å². The maximum atomic E-state index is 13.3. The SMILES string of the molecule is C[C@@H]1CN(C(=O)C[C@@H](CC2CCCCC2)C(=O)N[C@@H](C)CCCNc2ccc(OC(F)(F)F)cc2)C[C@H](C)O1. The van der Waals surface area contributed by atoms with Crippen LogP contribution in [-0.4, -0.2) is 61.0 Å². The fourth-order valence-corrected chi connectivity index (χ4v) is 5.68. The highest BCUT2D eigenvalue weighted by Gasteiger charge is 2.32. The Hall–Kier alpha value is -2.49. The number of carbonyl (C=O) groups is 2. The van der Waals surface area contributed by atoms with Crippen molar-refractivity contribution in [1.82, 2.24) is 10.2 Å². The van der Waals surface area contributed by atoms with Gasteiger partial charge >= 0.3 is 6.36 Å². The largest absolute Gasteiger partial charge is 0.573 e. The second kappa shape index (κ2) is 14.8. The van der Waals surface area contributed by atoms with E-state index in [4.69, 9.17) is 4.74 Å². The van der Waals surface area contributed by atoms with Gasteiger partial charge in [-0.15, -0.1) is 13.2 Å². The number of nitrogens with zero attached hydrogens (tertiary/aromatic N) is 1. The van der Waals surface area contributed by atoms with Gasteiger partial charge in [0.25, 0.3) is 0 Å². The molecule has 10 heteroatoms. The smallest absolute Gasteiger partial charge is 0.406 e. The number of nitrogens with one attached hydrogen (secondary N) is 2. The van der Waals surface area contributed by atoms with Gasteiger partial charge < -0.3 is 25.0 Å². The first-order chi connectivity index (χ1) is 18.5. The second-order valence-corrected chi connectivity index (χ2v) is 11.2. The molecule has 1 aromatic carbocycles. The van der Waals surface area contributed by atoms with Crippen molar-refractivity contribution in [3.63, 3.8) is 0 Å². The van der Waals surface area contributed by atoms with Crippen molar-refractivity contribution in [2.45, 2.75) is 103 Å². The molecule has 4 atom stereocenters. The quantitative estimate of drug-likeness (QED) is 0.314. The Balaban J connectivity index is 1.46. The van der Waals surface area contributed by atoms with E-state index in [1.807, 2.05) is 25.7 Å². The van der Waals surface area contributed by atoms with Crippen molar-refractivity contribution in [3.05, 3.63) is 24.3 Å². The molecule has 0 radical (unpaired) electrons. The topological polar surface area (TPSA) is 79.9 Å². The highest BCUT2D eigenvalue weighted by Crippen LogP contribution is 2.31. The van der Waals surface area contributed by atoms with E-state index in [1.165, 1.54) is 43.5 Å². The minimum absolute atomic E-state index is 0.0110. The maximum absolute atomic E-state index is 13.3. The summed E-state index contributed by atoms with van der Waals surface area (Å²) in [6, 6.07) is 5.55. The Kier molecular flexibility index (Phi) is 11.8. The van der Waals surface area contributed by atoms with Gasteiger partial charge in [0.1, 0.15) is 5.75 Å². The van der Waals surface area contributed by atoms with Crippen LogP contribution in [0.3, 0.4) is 0 Å². The second-order valence-electron chi connectivity index (χ2n) is 11.2. The number of amides is 2. The molecule has 7 nitrogen and oxygen atoms in total. The van der Waals surface area contributed by atoms with Crippen molar-refractivity contribution < 1.29 is 32.2 Å². The van der Waals surface area contributed by atoms with Gasteiger partial charge in [0.05, 0.1) is 12.2 Å². The summed E-state index contributed by atoms with van der Waals surface area (Å²) in [4.78, 5) is 28.4. The van der Waals surface area contributed by atoms with Crippen molar-refractivity contribution in [2.75, 3.05) is 25.0 Å². The Labute approximate surface area is 230 Å². The molecule has 0 spiro atoms. The lowest BCUT2D eigenvalue weighted by molar-refractivity contribution is -0.274. The molecule has 0 aromatic heterocycles. The molecule has 1 aliphatic carbocycles. The molecule has 1 aliphatic heterocycles. The third-order valence-electron chi connectivity index (χ3n) is 7.53. The van der Waals surface area contributed by atoms with E-state index in [2.05, 4.69) is 15.4 Å². The number of carbonyl (C=O) groups excluding carboxylic acids is 2. The minimum atomic E-state index is -4.71. The van der Waals surface area contributed by atoms with Gasteiger partial charge in [-0.1, -0.05) is 32.1 Å². The Morgan fingerprint density at radius 2 is 1.72 bits per heavy atom. The summed E-state index contributed by atoms with van der Waals surface area (Å²) >= 11 is 0. The van der Waals surface area contributed by atoms with Crippen LogP contribution in [0.5, 0.6) is 5.75 Å². The van der Waals surface area contributed by atoms with Gasteiger partial charge in [-0.25, -0.2) is 0 Å². The molecule has 0 unspecified atom stereocenters. The molecular weight excluding hydrogens is 511 g/mol. The van der Waals surface area contributed by atoms with Crippen LogP contribution < -0.4 is 15.4 Å². The molecule has 1 aromatic rings. The summed E-state index contributed by atoms with van der Waals surface area (Å²) in [5.74, 6) is -0.145. The molecule has 0 bridgehead atoms. The lowest BCUT2D eigenvalue weighted by Crippen LogP contribution is -2.49. The van der Waals surface area contributed by atoms with E-state index >= 15 is 0 Å². The summed E-state index contributed by atoms with van der Waals surface area (Å²) in [7, 11) is 0. The molecule has 2 aliphatic rings. The molecule has 1 saturated heterocycles. The highest BCUT2D eigenvalue weighted by atomic mass is 19.4. The van der Waals surface area contributed by atoms with Gasteiger partial charge in [0.15, 0.2) is 0 Å². The average molecular weight is 556 g/mol. The number of benzene rings is 1. The zero-order chi connectivity index (χ0) is 28.4. The van der Waals surface area contributed by atoms with Crippen LogP contribution in [-0.2, 0) is 14.3 Å². The van der Waals surface area contributed by atoms with Crippen LogP contribution in [0.15, 0.2) is 24.3 Å². The van der Waals surface area contributed by atoms with Gasteiger partial charge in [-0.05, 0) is 70.2 Å². The van der Waals surface area contributed by atoms with Crippen LogP contribution in [0.25, 0.3) is 0 Å². The van der Waals surface area contributed by atoms with E-state index in [-0.39, 0.29) is 48.2 Å². The summed E-state index contributed by atoms with van der Waals surface area (Å²) in [5, 5.41) is 6.32. The minimum Gasteiger partial charge on any atom is -0.406 e. The van der Waals surface area contributed by atoms with Crippen molar-refractivity contribution in [1.29, 1.82) is 0 Å². The fraction of sp³-hybridized carbons (Fsp3) is 0.724. The van der Waals surface area contributed by atoms with Crippen molar-refractivity contribution >= 4 is 17.5 Å². The van der Waals surface area contributed by atoms with Crippen molar-refractivity contribution in [2.24, 2.45) is 11.8 Å². The summed E-state index contributed by atoms with van der Waals surface area (Å²) in [5.41, 5.74) is 0.694. The van der Waals surface area contributed by atoms with Gasteiger partial charge in [-0.2, -0.15) is 0 Å². The molecule has 3 rings (SSSR count). The number of anilines is 1. The van der Waals surface area contributed by atoms with Crippen LogP contribution >= 0.6 is 0 Å². The molecule has 2 amide bonds. The normalized spacial score (nSPS) is 22.2. The molecule has 2 N–H and O–H groups in total. The zero-order valence-corrected chi connectivity index (χ0v) is 23.4. The fourth-order valence-electron chi connectivity index (χ4n) is 5.68. The lowest BCUT2D eigenvalue weighted by atomic mass is 9.81. The summed E-state index contributed by atoms with van der Waals surface area (Å²) < 4.78 is 46.6. The molecule has 220 valence electrons. The molecule has 1 heterocycles. The maximum Gasteiger partial charge on any atom is 0.573 e. The van der Waals surface area contributed by atoms with Crippen LogP contribution in [0.1, 0.15) is 78.6 Å². The molecule has 39 heavy (non-hydrogen) atoms. The zero-order valence-electron chi connectivity index (χ0n) is 23.4. The molecule has 2 fully saturated rings. The van der Waals surface area contributed by atoms with E-state index in [1.54, 1.807) is 0 Å². The molecular formula is C29H44F3N3O4. The third-order valence-corrected chi connectivity index (χ3v) is 7.53. The number of alkyl halides is 3. The number of morpholine rings is 1. The predicted octanol–water partition coefficient (Wildman–Crippen LogP) is 5.89. The van der Waals surface area contributed by atoms with E-state index in [0.717, 1.165) is 32.1 Å². The van der Waals surface area contributed by atoms with E-state index < -0.39 is 6.36 Å². The van der Waals surface area contributed by atoms with Crippen LogP contribution in [0.2, 0.25) is 0 Å². The van der Waals surface area contributed by atoms with Gasteiger partial charge in [-0.3, -0.25) is 9.59 Å². The number of hydrogen-bond acceptors (Lipinski definition) is 5. The highest BCUT2D eigenvalue weighted by molar-refractivity contribution is 5.86. The first kappa shape index (κ1) is 31.0. The first-order valence-electron chi connectivity index (χ1n) is 14.3. The standard InChI is InChI=1S/C29H44F3N3O4/c1-20(8-7-15-33-25-11-13-26(14-12-25)39-29(30,31)32)34-28(37)24(16-23-9-5-4-6-10-23)17-27(36)35-18-21(2)38-22(3)19-35/h11-14,20-24,33H,4-10,15-19H2,1-3H3,(H,34,37)/t20-,21-,22+,24+/m0/s1. The Morgan fingerprint density at radius 3 is 2.33 bits per heavy atom. The first-order valence-corrected chi connectivity index (χ1v) is 14.3. The summed E-state index contributed by atoms with van der Waals surface area (Å²) in [6.07, 6.45) is 3.59. The Bertz CT molecular complexity index is 896.